The molecule has 0 aliphatic carbocycles. The summed E-state index contributed by atoms with van der Waals surface area (Å²) in [5.41, 5.74) is 2.31. The highest BCUT2D eigenvalue weighted by molar-refractivity contribution is 6.66. The Morgan fingerprint density at radius 2 is 2.17 bits per heavy atom. The number of nitrogens with zero attached hydrogens (tertiary/aromatic N) is 4. The second kappa shape index (κ2) is 7.30. The zero-order valence-electron chi connectivity index (χ0n) is 13.5. The number of rotatable bonds is 5. The molecule has 0 bridgehead atoms. The molecule has 2 aromatic rings. The maximum Gasteiger partial charge on any atom is 0.322 e. The summed E-state index contributed by atoms with van der Waals surface area (Å²) >= 11 is 5.77. The summed E-state index contributed by atoms with van der Waals surface area (Å²) in [6, 6.07) is 11.1. The molecule has 23 heavy (non-hydrogen) atoms. The minimum Gasteiger partial charge on any atom is -0.279 e. The minimum absolute atomic E-state index is 0.290. The van der Waals surface area contributed by atoms with E-state index in [1.54, 1.807) is 29.9 Å². The van der Waals surface area contributed by atoms with Gasteiger partial charge in [-0.1, -0.05) is 26.0 Å². The van der Waals surface area contributed by atoms with Gasteiger partial charge in [-0.05, 0) is 41.6 Å². The summed E-state index contributed by atoms with van der Waals surface area (Å²) in [7, 11) is 1.79. The SMILES string of the molecule is CC(C)Cc1cc(N(Cc2cccc(C#N)c2)C(=O)Cl)n(C)n1. The molecule has 0 saturated carbocycles. The number of amides is 1. The van der Waals surface area contributed by atoms with Crippen molar-refractivity contribution in [1.82, 2.24) is 9.78 Å². The Morgan fingerprint density at radius 3 is 2.78 bits per heavy atom. The highest BCUT2D eigenvalue weighted by Crippen LogP contribution is 2.22. The number of carbonyl (C=O) groups is 1. The number of halogens is 1. The standard InChI is InChI=1S/C17H19ClN4O/c1-12(2)7-15-9-16(21(3)20-15)22(17(18)23)11-14-6-4-5-13(8-14)10-19/h4-6,8-9,12H,7,11H2,1-3H3. The van der Waals surface area contributed by atoms with Crippen LogP contribution in [-0.2, 0) is 20.0 Å². The number of hydrogen-bond acceptors (Lipinski definition) is 3. The third-order valence-electron chi connectivity index (χ3n) is 3.41. The van der Waals surface area contributed by atoms with Crippen molar-refractivity contribution in [3.05, 3.63) is 47.2 Å². The third-order valence-corrected chi connectivity index (χ3v) is 3.61. The molecule has 0 aliphatic heterocycles. The van der Waals surface area contributed by atoms with E-state index in [-0.39, 0.29) is 0 Å². The van der Waals surface area contributed by atoms with Crippen LogP contribution in [0.3, 0.4) is 0 Å². The van der Waals surface area contributed by atoms with Gasteiger partial charge in [0.2, 0.25) is 0 Å². The van der Waals surface area contributed by atoms with E-state index in [2.05, 4.69) is 25.0 Å². The number of anilines is 1. The summed E-state index contributed by atoms with van der Waals surface area (Å²) in [4.78, 5) is 13.3. The number of nitriles is 1. The average Bonchev–Trinajstić information content (AvgIpc) is 2.84. The van der Waals surface area contributed by atoms with Gasteiger partial charge >= 0.3 is 5.37 Å². The van der Waals surface area contributed by atoms with Gasteiger partial charge in [0.1, 0.15) is 5.82 Å². The van der Waals surface area contributed by atoms with Crippen molar-refractivity contribution < 1.29 is 4.79 Å². The van der Waals surface area contributed by atoms with Gasteiger partial charge in [0.15, 0.2) is 0 Å². The number of aromatic nitrogens is 2. The van der Waals surface area contributed by atoms with Crippen LogP contribution in [0.1, 0.15) is 30.7 Å². The first-order valence-electron chi connectivity index (χ1n) is 7.39. The Bertz CT molecular complexity index is 745. The fourth-order valence-corrected chi connectivity index (χ4v) is 2.59. The maximum atomic E-state index is 11.9. The number of hydrogen-bond donors (Lipinski definition) is 0. The van der Waals surface area contributed by atoms with Gasteiger partial charge in [-0.25, -0.2) is 0 Å². The van der Waals surface area contributed by atoms with E-state index in [0.29, 0.717) is 23.8 Å². The molecule has 6 heteroatoms. The van der Waals surface area contributed by atoms with Crippen molar-refractivity contribution in [2.24, 2.45) is 13.0 Å². The lowest BCUT2D eigenvalue weighted by atomic mass is 10.1. The van der Waals surface area contributed by atoms with E-state index in [0.717, 1.165) is 17.7 Å². The fraction of sp³-hybridized carbons (Fsp3) is 0.353. The van der Waals surface area contributed by atoms with Crippen LogP contribution in [-0.4, -0.2) is 15.1 Å². The van der Waals surface area contributed by atoms with Gasteiger partial charge in [0.05, 0.1) is 23.9 Å². The normalized spacial score (nSPS) is 10.6. The second-order valence-electron chi connectivity index (χ2n) is 5.87. The molecule has 5 nitrogen and oxygen atoms in total. The zero-order valence-corrected chi connectivity index (χ0v) is 14.2. The van der Waals surface area contributed by atoms with Crippen molar-refractivity contribution in [1.29, 1.82) is 5.26 Å². The highest BCUT2D eigenvalue weighted by Gasteiger charge is 2.19. The molecular formula is C17H19ClN4O. The summed E-state index contributed by atoms with van der Waals surface area (Å²) < 4.78 is 1.66. The summed E-state index contributed by atoms with van der Waals surface area (Å²) in [5.74, 6) is 1.12. The predicted octanol–water partition coefficient (Wildman–Crippen LogP) is 3.86. The first-order chi connectivity index (χ1) is 10.9. The van der Waals surface area contributed by atoms with Gasteiger partial charge in [0, 0.05) is 13.1 Å². The number of carbonyl (C=O) groups excluding carboxylic acids is 1. The lowest BCUT2D eigenvalue weighted by molar-refractivity contribution is 0.263. The van der Waals surface area contributed by atoms with E-state index in [4.69, 9.17) is 16.9 Å². The fourth-order valence-electron chi connectivity index (χ4n) is 2.44. The third kappa shape index (κ3) is 4.33. The summed E-state index contributed by atoms with van der Waals surface area (Å²) in [6.07, 6.45) is 0.835. The Kier molecular flexibility index (Phi) is 5.41. The predicted molar refractivity (Wildman–Crippen MR) is 90.3 cm³/mol. The van der Waals surface area contributed by atoms with Crippen molar-refractivity contribution >= 4 is 22.8 Å². The van der Waals surface area contributed by atoms with E-state index >= 15 is 0 Å². The van der Waals surface area contributed by atoms with Crippen LogP contribution in [0.2, 0.25) is 0 Å². The first kappa shape index (κ1) is 17.0. The van der Waals surface area contributed by atoms with Gasteiger partial charge < -0.3 is 0 Å². The molecule has 0 spiro atoms. The van der Waals surface area contributed by atoms with Gasteiger partial charge in [0.25, 0.3) is 0 Å². The lowest BCUT2D eigenvalue weighted by Crippen LogP contribution is -2.27. The van der Waals surface area contributed by atoms with Crippen molar-refractivity contribution in [3.63, 3.8) is 0 Å². The van der Waals surface area contributed by atoms with Gasteiger partial charge in [-0.15, -0.1) is 0 Å². The minimum atomic E-state index is -0.577. The molecule has 0 N–H and O–H groups in total. The van der Waals surface area contributed by atoms with Crippen LogP contribution in [0, 0.1) is 17.2 Å². The molecule has 2 rings (SSSR count). The average molecular weight is 331 g/mol. The molecule has 1 aromatic heterocycles. The molecule has 1 aromatic carbocycles. The quantitative estimate of drug-likeness (QED) is 0.617. The topological polar surface area (TPSA) is 61.9 Å². The van der Waals surface area contributed by atoms with Crippen LogP contribution >= 0.6 is 11.6 Å². The van der Waals surface area contributed by atoms with Crippen molar-refractivity contribution in [3.8, 4) is 6.07 Å². The van der Waals surface area contributed by atoms with Crippen LogP contribution in [0.5, 0.6) is 0 Å². The summed E-state index contributed by atoms with van der Waals surface area (Å²) in [5, 5.41) is 12.8. The van der Waals surface area contributed by atoms with Crippen molar-refractivity contribution in [2.45, 2.75) is 26.8 Å². The zero-order chi connectivity index (χ0) is 17.0. The Labute approximate surface area is 141 Å². The maximum absolute atomic E-state index is 11.9. The second-order valence-corrected chi connectivity index (χ2v) is 6.19. The molecule has 0 saturated heterocycles. The first-order valence-corrected chi connectivity index (χ1v) is 7.77. The molecule has 0 aliphatic rings. The number of benzene rings is 1. The molecule has 1 amide bonds. The molecule has 120 valence electrons. The lowest BCUT2D eigenvalue weighted by Gasteiger charge is -2.19. The number of aryl methyl sites for hydroxylation is 1. The monoisotopic (exact) mass is 330 g/mol. The van der Waals surface area contributed by atoms with Gasteiger partial charge in [-0.2, -0.15) is 10.4 Å². The smallest absolute Gasteiger partial charge is 0.279 e. The van der Waals surface area contributed by atoms with E-state index in [1.807, 2.05) is 12.1 Å². The molecule has 1 heterocycles. The Balaban J connectivity index is 2.30. The molecule has 0 atom stereocenters. The Morgan fingerprint density at radius 1 is 1.43 bits per heavy atom. The van der Waals surface area contributed by atoms with Crippen LogP contribution in [0.4, 0.5) is 10.6 Å². The molecule has 0 unspecified atom stereocenters. The molecular weight excluding hydrogens is 312 g/mol. The molecule has 0 fully saturated rings. The van der Waals surface area contributed by atoms with Gasteiger partial charge in [-0.3, -0.25) is 14.4 Å². The van der Waals surface area contributed by atoms with Crippen LogP contribution in [0.15, 0.2) is 30.3 Å². The Hall–Kier alpha value is -2.32. The van der Waals surface area contributed by atoms with Crippen molar-refractivity contribution in [2.75, 3.05) is 4.90 Å². The summed E-state index contributed by atoms with van der Waals surface area (Å²) in [6.45, 7) is 4.52. The van der Waals surface area contributed by atoms with E-state index in [9.17, 15) is 4.79 Å². The highest BCUT2D eigenvalue weighted by atomic mass is 35.5. The van der Waals surface area contributed by atoms with E-state index < -0.39 is 5.37 Å². The van der Waals surface area contributed by atoms with E-state index in [1.165, 1.54) is 4.90 Å². The largest absolute Gasteiger partial charge is 0.322 e. The van der Waals surface area contributed by atoms with Crippen LogP contribution < -0.4 is 4.90 Å². The van der Waals surface area contributed by atoms with Crippen LogP contribution in [0.25, 0.3) is 0 Å². The molecule has 0 radical (unpaired) electrons.